The summed E-state index contributed by atoms with van der Waals surface area (Å²) in [7, 11) is -3.92. The lowest BCUT2D eigenvalue weighted by molar-refractivity contribution is -0.136. The lowest BCUT2D eigenvalue weighted by Crippen LogP contribution is -2.32. The highest BCUT2D eigenvalue weighted by molar-refractivity contribution is 7.94. The quantitative estimate of drug-likeness (QED) is 0.855. The monoisotopic (exact) mass is 271 g/mol. The van der Waals surface area contributed by atoms with Gasteiger partial charge in [-0.1, -0.05) is 25.1 Å². The van der Waals surface area contributed by atoms with Crippen LogP contribution in [0.25, 0.3) is 0 Å². The number of benzene rings is 1. The average Bonchev–Trinajstić information content (AvgIpc) is 2.30. The van der Waals surface area contributed by atoms with Crippen LogP contribution in [-0.2, 0) is 21.2 Å². The normalized spacial score (nSPS) is 13.1. The summed E-state index contributed by atoms with van der Waals surface area (Å²) in [4.78, 5) is 10.8. The molecule has 5 nitrogen and oxygen atoms in total. The summed E-state index contributed by atoms with van der Waals surface area (Å²) < 4.78 is 26.1. The molecule has 0 aromatic heterocycles. The van der Waals surface area contributed by atoms with Crippen LogP contribution in [0.4, 0.5) is 5.69 Å². The standard InChI is InChI=1S/C12H17NO4S/c1-4-10-7-5-6-8(2)11(10)13-18(16,17)9(3)12(14)15/h5-7,9,13H,4H2,1-3H3,(H,14,15). The first-order valence-electron chi connectivity index (χ1n) is 5.62. The number of aliphatic carboxylic acids is 1. The van der Waals surface area contributed by atoms with Gasteiger partial charge >= 0.3 is 5.97 Å². The topological polar surface area (TPSA) is 83.5 Å². The van der Waals surface area contributed by atoms with E-state index in [4.69, 9.17) is 5.11 Å². The molecule has 18 heavy (non-hydrogen) atoms. The number of aryl methyl sites for hydroxylation is 2. The number of sulfonamides is 1. The molecule has 6 heteroatoms. The van der Waals surface area contributed by atoms with Gasteiger partial charge in [0.2, 0.25) is 10.0 Å². The lowest BCUT2D eigenvalue weighted by Gasteiger charge is -2.16. The van der Waals surface area contributed by atoms with E-state index in [1.165, 1.54) is 0 Å². The summed E-state index contributed by atoms with van der Waals surface area (Å²) in [6.45, 7) is 4.84. The van der Waals surface area contributed by atoms with Gasteiger partial charge in [0.25, 0.3) is 0 Å². The Morgan fingerprint density at radius 3 is 2.56 bits per heavy atom. The van der Waals surface area contributed by atoms with Crippen molar-refractivity contribution in [1.29, 1.82) is 0 Å². The summed E-state index contributed by atoms with van der Waals surface area (Å²) in [6, 6.07) is 5.44. The van der Waals surface area contributed by atoms with Crippen molar-refractivity contribution in [2.45, 2.75) is 32.4 Å². The summed E-state index contributed by atoms with van der Waals surface area (Å²) in [5, 5.41) is 7.29. The summed E-state index contributed by atoms with van der Waals surface area (Å²) in [6.07, 6.45) is 0.668. The molecule has 0 saturated heterocycles. The highest BCUT2D eigenvalue weighted by Gasteiger charge is 2.28. The van der Waals surface area contributed by atoms with E-state index < -0.39 is 21.2 Å². The van der Waals surface area contributed by atoms with Gasteiger partial charge in [0, 0.05) is 0 Å². The molecule has 1 aromatic rings. The smallest absolute Gasteiger partial charge is 0.323 e. The van der Waals surface area contributed by atoms with Gasteiger partial charge in [-0.2, -0.15) is 0 Å². The third-order valence-corrected chi connectivity index (χ3v) is 4.42. The Morgan fingerprint density at radius 2 is 2.06 bits per heavy atom. The fourth-order valence-electron chi connectivity index (χ4n) is 1.53. The van der Waals surface area contributed by atoms with Gasteiger partial charge in [-0.05, 0) is 31.4 Å². The van der Waals surface area contributed by atoms with E-state index in [9.17, 15) is 13.2 Å². The van der Waals surface area contributed by atoms with Crippen molar-refractivity contribution in [3.05, 3.63) is 29.3 Å². The van der Waals surface area contributed by atoms with E-state index in [-0.39, 0.29) is 0 Å². The molecule has 0 heterocycles. The summed E-state index contributed by atoms with van der Waals surface area (Å²) >= 11 is 0. The highest BCUT2D eigenvalue weighted by atomic mass is 32.2. The number of para-hydroxylation sites is 1. The van der Waals surface area contributed by atoms with Gasteiger partial charge in [-0.25, -0.2) is 8.42 Å². The SMILES string of the molecule is CCc1cccc(C)c1NS(=O)(=O)C(C)C(=O)O. The third-order valence-electron chi connectivity index (χ3n) is 2.80. The fourth-order valence-corrected chi connectivity index (χ4v) is 2.55. The van der Waals surface area contributed by atoms with E-state index in [1.54, 1.807) is 13.0 Å². The molecule has 0 aliphatic carbocycles. The Kier molecular flexibility index (Phi) is 4.34. The average molecular weight is 271 g/mol. The minimum Gasteiger partial charge on any atom is -0.480 e. The third kappa shape index (κ3) is 3.01. The van der Waals surface area contributed by atoms with Crippen molar-refractivity contribution in [2.75, 3.05) is 4.72 Å². The Labute approximate surface area is 107 Å². The largest absolute Gasteiger partial charge is 0.480 e. The van der Waals surface area contributed by atoms with Crippen molar-refractivity contribution in [3.63, 3.8) is 0 Å². The molecule has 1 aromatic carbocycles. The number of carbonyl (C=O) groups is 1. The van der Waals surface area contributed by atoms with E-state index in [0.29, 0.717) is 12.1 Å². The molecule has 0 aliphatic rings. The zero-order valence-electron chi connectivity index (χ0n) is 10.6. The maximum Gasteiger partial charge on any atom is 0.323 e. The molecule has 0 spiro atoms. The van der Waals surface area contributed by atoms with Crippen LogP contribution in [0.15, 0.2) is 18.2 Å². The number of carboxylic acids is 1. The predicted octanol–water partition coefficient (Wildman–Crippen LogP) is 1.77. The first kappa shape index (κ1) is 14.5. The maximum atomic E-state index is 11.9. The van der Waals surface area contributed by atoms with Gasteiger partial charge in [-0.3, -0.25) is 9.52 Å². The Balaban J connectivity index is 3.16. The van der Waals surface area contributed by atoms with Gasteiger partial charge in [0.1, 0.15) is 0 Å². The number of hydrogen-bond acceptors (Lipinski definition) is 3. The first-order valence-corrected chi connectivity index (χ1v) is 7.17. The molecule has 1 atom stereocenters. The van der Waals surface area contributed by atoms with Crippen molar-refractivity contribution in [3.8, 4) is 0 Å². The van der Waals surface area contributed by atoms with Crippen LogP contribution in [0, 0.1) is 6.92 Å². The van der Waals surface area contributed by atoms with Gasteiger partial charge in [-0.15, -0.1) is 0 Å². The van der Waals surface area contributed by atoms with Crippen LogP contribution in [0.3, 0.4) is 0 Å². The maximum absolute atomic E-state index is 11.9. The minimum absolute atomic E-state index is 0.480. The molecular weight excluding hydrogens is 254 g/mol. The second-order valence-corrected chi connectivity index (χ2v) is 6.09. The van der Waals surface area contributed by atoms with Gasteiger partial charge in [0.05, 0.1) is 5.69 Å². The predicted molar refractivity (Wildman–Crippen MR) is 70.2 cm³/mol. The van der Waals surface area contributed by atoms with Crippen LogP contribution in [-0.4, -0.2) is 24.7 Å². The Morgan fingerprint density at radius 1 is 1.44 bits per heavy atom. The van der Waals surface area contributed by atoms with Crippen LogP contribution in [0.5, 0.6) is 0 Å². The lowest BCUT2D eigenvalue weighted by atomic mass is 10.1. The van der Waals surface area contributed by atoms with Crippen LogP contribution < -0.4 is 4.72 Å². The molecular formula is C12H17NO4S. The highest BCUT2D eigenvalue weighted by Crippen LogP contribution is 2.23. The molecule has 0 saturated carbocycles. The Bertz CT molecular complexity index is 551. The second-order valence-electron chi connectivity index (χ2n) is 4.09. The van der Waals surface area contributed by atoms with Crippen molar-refractivity contribution < 1.29 is 18.3 Å². The number of carboxylic acid groups (broad SMARTS) is 1. The molecule has 0 bridgehead atoms. The zero-order valence-corrected chi connectivity index (χ0v) is 11.4. The van der Waals surface area contributed by atoms with Crippen LogP contribution in [0.1, 0.15) is 25.0 Å². The molecule has 0 radical (unpaired) electrons. The summed E-state index contributed by atoms with van der Waals surface area (Å²) in [5.74, 6) is -1.37. The summed E-state index contributed by atoms with van der Waals surface area (Å²) in [5.41, 5.74) is 2.10. The molecule has 100 valence electrons. The van der Waals surface area contributed by atoms with Crippen LogP contribution in [0.2, 0.25) is 0 Å². The van der Waals surface area contributed by atoms with Crippen LogP contribution >= 0.6 is 0 Å². The zero-order chi connectivity index (χ0) is 13.9. The van der Waals surface area contributed by atoms with Crippen molar-refractivity contribution in [1.82, 2.24) is 0 Å². The minimum atomic E-state index is -3.92. The molecule has 0 amide bonds. The number of nitrogens with one attached hydrogen (secondary N) is 1. The Hall–Kier alpha value is -1.56. The fraction of sp³-hybridized carbons (Fsp3) is 0.417. The van der Waals surface area contributed by atoms with E-state index in [0.717, 1.165) is 18.1 Å². The molecule has 0 fully saturated rings. The van der Waals surface area contributed by atoms with E-state index >= 15 is 0 Å². The van der Waals surface area contributed by atoms with Gasteiger partial charge in [0.15, 0.2) is 5.25 Å². The molecule has 0 aliphatic heterocycles. The van der Waals surface area contributed by atoms with Crippen molar-refractivity contribution in [2.24, 2.45) is 0 Å². The number of anilines is 1. The first-order chi connectivity index (χ1) is 8.29. The van der Waals surface area contributed by atoms with E-state index in [1.807, 2.05) is 19.1 Å². The molecule has 1 unspecified atom stereocenters. The van der Waals surface area contributed by atoms with Gasteiger partial charge < -0.3 is 5.11 Å². The van der Waals surface area contributed by atoms with E-state index in [2.05, 4.69) is 4.72 Å². The molecule has 1 rings (SSSR count). The number of rotatable bonds is 5. The second kappa shape index (κ2) is 5.39. The number of hydrogen-bond donors (Lipinski definition) is 2. The molecule has 2 N–H and O–H groups in total. The van der Waals surface area contributed by atoms with Crippen molar-refractivity contribution >= 4 is 21.7 Å².